The molecule has 0 fully saturated rings. The Bertz CT molecular complexity index is 249. The molecule has 0 atom stereocenters. The average molecular weight is 190 g/mol. The molecule has 0 heterocycles. The highest BCUT2D eigenvalue weighted by molar-refractivity contribution is 5.23. The van der Waals surface area contributed by atoms with Gasteiger partial charge >= 0.3 is 0 Å². The first-order valence-electron chi connectivity index (χ1n) is 5.35. The summed E-state index contributed by atoms with van der Waals surface area (Å²) < 4.78 is 0. The summed E-state index contributed by atoms with van der Waals surface area (Å²) in [6.45, 7) is 8.43. The van der Waals surface area contributed by atoms with Gasteiger partial charge in [0, 0.05) is 0 Å². The second-order valence-corrected chi connectivity index (χ2v) is 3.31. The number of hydrogen-bond donors (Lipinski definition) is 0. The Labute approximate surface area is 88.7 Å². The summed E-state index contributed by atoms with van der Waals surface area (Å²) in [7, 11) is 0. The van der Waals surface area contributed by atoms with E-state index in [4.69, 9.17) is 0 Å². The van der Waals surface area contributed by atoms with E-state index < -0.39 is 0 Å². The van der Waals surface area contributed by atoms with Gasteiger partial charge < -0.3 is 0 Å². The highest BCUT2D eigenvalue weighted by Gasteiger charge is 1.86. The van der Waals surface area contributed by atoms with Crippen molar-refractivity contribution < 1.29 is 0 Å². The maximum atomic E-state index is 2.21. The van der Waals surface area contributed by atoms with Gasteiger partial charge in [0.1, 0.15) is 0 Å². The van der Waals surface area contributed by atoms with Crippen molar-refractivity contribution in [1.82, 2.24) is 0 Å². The van der Waals surface area contributed by atoms with Gasteiger partial charge in [0.05, 0.1) is 0 Å². The average Bonchev–Trinajstić information content (AvgIpc) is 2.22. The van der Waals surface area contributed by atoms with Crippen LogP contribution in [-0.2, 0) is 0 Å². The Balaban J connectivity index is 4.10. The molecule has 0 unspecified atom stereocenters. The fourth-order valence-corrected chi connectivity index (χ4v) is 1.03. The fourth-order valence-electron chi connectivity index (χ4n) is 1.03. The van der Waals surface area contributed by atoms with Crippen molar-refractivity contribution in [3.8, 4) is 0 Å². The third kappa shape index (κ3) is 6.47. The Morgan fingerprint density at radius 1 is 1.00 bits per heavy atom. The minimum atomic E-state index is 1.03. The van der Waals surface area contributed by atoms with Gasteiger partial charge in [-0.15, -0.1) is 0 Å². The maximum absolute atomic E-state index is 2.21. The van der Waals surface area contributed by atoms with E-state index in [-0.39, 0.29) is 0 Å². The molecule has 0 nitrogen and oxygen atoms in total. The van der Waals surface area contributed by atoms with Crippen LogP contribution in [0, 0.1) is 0 Å². The van der Waals surface area contributed by atoms with Crippen LogP contribution in [0.2, 0.25) is 0 Å². The molecule has 0 aliphatic carbocycles. The molecule has 0 spiro atoms. The molecule has 0 saturated heterocycles. The van der Waals surface area contributed by atoms with Crippen LogP contribution in [0.3, 0.4) is 0 Å². The van der Waals surface area contributed by atoms with E-state index in [2.05, 4.69) is 64.2 Å². The maximum Gasteiger partial charge on any atom is -0.00976 e. The third-order valence-electron chi connectivity index (χ3n) is 2.13. The van der Waals surface area contributed by atoms with Crippen LogP contribution in [0.4, 0.5) is 0 Å². The van der Waals surface area contributed by atoms with Crippen molar-refractivity contribution in [1.29, 1.82) is 0 Å². The molecule has 0 radical (unpaired) electrons. The number of hydrogen-bond acceptors (Lipinski definition) is 0. The van der Waals surface area contributed by atoms with Gasteiger partial charge in [0.15, 0.2) is 0 Å². The Morgan fingerprint density at radius 3 is 2.21 bits per heavy atom. The van der Waals surface area contributed by atoms with Crippen molar-refractivity contribution in [3.05, 3.63) is 47.6 Å². The topological polar surface area (TPSA) is 0 Å². The van der Waals surface area contributed by atoms with Crippen LogP contribution in [0.25, 0.3) is 0 Å². The Hall–Kier alpha value is -1.04. The molecule has 0 heteroatoms. The fraction of sp³-hybridized carbons (Fsp3) is 0.429. The molecular formula is C14H22. The zero-order valence-electron chi connectivity index (χ0n) is 9.88. The lowest BCUT2D eigenvalue weighted by atomic mass is 10.1. The second kappa shape index (κ2) is 8.55. The van der Waals surface area contributed by atoms with Gasteiger partial charge in [0.25, 0.3) is 0 Å². The SMILES string of the molecule is C/C=C(C)\C=C/CC(/C=C\CC)=C/C. The summed E-state index contributed by atoms with van der Waals surface area (Å²) in [5.74, 6) is 0. The highest BCUT2D eigenvalue weighted by atomic mass is 13.9. The largest absolute Gasteiger partial charge is 0.0847 e. The molecule has 78 valence electrons. The molecule has 0 aliphatic rings. The first-order valence-corrected chi connectivity index (χ1v) is 5.35. The van der Waals surface area contributed by atoms with E-state index in [1.807, 2.05) is 0 Å². The van der Waals surface area contributed by atoms with Gasteiger partial charge in [-0.3, -0.25) is 0 Å². The Kier molecular flexibility index (Phi) is 7.92. The quantitative estimate of drug-likeness (QED) is 0.546. The van der Waals surface area contributed by atoms with E-state index in [9.17, 15) is 0 Å². The van der Waals surface area contributed by atoms with Crippen LogP contribution >= 0.6 is 0 Å². The summed E-state index contributed by atoms with van der Waals surface area (Å²) in [5.41, 5.74) is 2.70. The second-order valence-electron chi connectivity index (χ2n) is 3.31. The molecule has 0 aliphatic heterocycles. The Morgan fingerprint density at radius 2 is 1.71 bits per heavy atom. The lowest BCUT2D eigenvalue weighted by molar-refractivity contribution is 1.19. The molecule has 0 aromatic carbocycles. The lowest BCUT2D eigenvalue weighted by Crippen LogP contribution is -1.75. The minimum absolute atomic E-state index is 1.03. The van der Waals surface area contributed by atoms with Crippen LogP contribution in [0.5, 0.6) is 0 Å². The standard InChI is InChI=1S/C14H22/c1-5-8-11-14(7-3)12-9-10-13(4)6-2/h6-11H,5,12H2,1-4H3/b10-9-,11-8-,13-6-,14-7+. The zero-order chi connectivity index (χ0) is 10.8. The van der Waals surface area contributed by atoms with E-state index in [1.54, 1.807) is 0 Å². The number of rotatable bonds is 5. The van der Waals surface area contributed by atoms with Gasteiger partial charge in [-0.1, -0.05) is 49.0 Å². The van der Waals surface area contributed by atoms with Gasteiger partial charge in [-0.05, 0) is 39.2 Å². The highest BCUT2D eigenvalue weighted by Crippen LogP contribution is 2.06. The first kappa shape index (κ1) is 13.0. The molecule has 0 aromatic heterocycles. The van der Waals surface area contributed by atoms with Crippen molar-refractivity contribution >= 4 is 0 Å². The molecular weight excluding hydrogens is 168 g/mol. The molecule has 0 amide bonds. The predicted molar refractivity (Wildman–Crippen MR) is 66.4 cm³/mol. The molecule has 0 aromatic rings. The smallest absolute Gasteiger partial charge is 0.00976 e. The van der Waals surface area contributed by atoms with E-state index >= 15 is 0 Å². The number of allylic oxidation sites excluding steroid dienone is 8. The van der Waals surface area contributed by atoms with Crippen molar-refractivity contribution in [2.24, 2.45) is 0 Å². The van der Waals surface area contributed by atoms with Crippen LogP contribution in [0.1, 0.15) is 40.5 Å². The van der Waals surface area contributed by atoms with Gasteiger partial charge in [-0.2, -0.15) is 0 Å². The van der Waals surface area contributed by atoms with E-state index in [0.717, 1.165) is 12.8 Å². The predicted octanol–water partition coefficient (Wildman–Crippen LogP) is 4.81. The summed E-state index contributed by atoms with van der Waals surface area (Å²) in [5, 5.41) is 0. The van der Waals surface area contributed by atoms with Crippen LogP contribution in [0.15, 0.2) is 47.6 Å². The first-order chi connectivity index (χ1) is 6.74. The summed E-state index contributed by atoms with van der Waals surface area (Å²) in [6.07, 6.45) is 15.2. The van der Waals surface area contributed by atoms with Gasteiger partial charge in [0.2, 0.25) is 0 Å². The van der Waals surface area contributed by atoms with E-state index in [1.165, 1.54) is 11.1 Å². The van der Waals surface area contributed by atoms with Crippen molar-refractivity contribution in [2.45, 2.75) is 40.5 Å². The molecule has 0 N–H and O–H groups in total. The van der Waals surface area contributed by atoms with Gasteiger partial charge in [-0.25, -0.2) is 0 Å². The summed E-state index contributed by atoms with van der Waals surface area (Å²) in [4.78, 5) is 0. The molecule has 0 saturated carbocycles. The van der Waals surface area contributed by atoms with Crippen LogP contribution < -0.4 is 0 Å². The van der Waals surface area contributed by atoms with E-state index in [0.29, 0.717) is 0 Å². The zero-order valence-corrected chi connectivity index (χ0v) is 9.88. The summed E-state index contributed by atoms with van der Waals surface area (Å²) in [6, 6.07) is 0. The minimum Gasteiger partial charge on any atom is -0.0847 e. The third-order valence-corrected chi connectivity index (χ3v) is 2.13. The lowest BCUT2D eigenvalue weighted by Gasteiger charge is -1.95. The normalized spacial score (nSPS) is 14.6. The molecule has 0 rings (SSSR count). The summed E-state index contributed by atoms with van der Waals surface area (Å²) >= 11 is 0. The van der Waals surface area contributed by atoms with Crippen LogP contribution in [-0.4, -0.2) is 0 Å². The molecule has 14 heavy (non-hydrogen) atoms. The monoisotopic (exact) mass is 190 g/mol. The van der Waals surface area contributed by atoms with Crippen molar-refractivity contribution in [3.63, 3.8) is 0 Å². The molecule has 0 bridgehead atoms. The van der Waals surface area contributed by atoms with Crippen molar-refractivity contribution in [2.75, 3.05) is 0 Å².